The zero-order chi connectivity index (χ0) is 8.15. The highest BCUT2D eigenvalue weighted by atomic mass is 31.1. The van der Waals surface area contributed by atoms with Crippen molar-refractivity contribution in [3.8, 4) is 0 Å². The molecule has 2 atom stereocenters. The molecule has 0 radical (unpaired) electrons. The summed E-state index contributed by atoms with van der Waals surface area (Å²) in [6.07, 6.45) is 2.33. The highest BCUT2D eigenvalue weighted by molar-refractivity contribution is 7.55. The molecule has 0 saturated heterocycles. The second kappa shape index (κ2) is 5.06. The van der Waals surface area contributed by atoms with Gasteiger partial charge in [-0.2, -0.15) is 0 Å². The predicted molar refractivity (Wildman–Crippen MR) is 49.9 cm³/mol. The van der Waals surface area contributed by atoms with Crippen molar-refractivity contribution in [3.05, 3.63) is 0 Å². The Balaban J connectivity index is 3.30. The smallest absolute Gasteiger partial charge is 0.0192 e. The van der Waals surface area contributed by atoms with Gasteiger partial charge in [0.2, 0.25) is 0 Å². The molecule has 0 aliphatic rings. The normalized spacial score (nSPS) is 17.4. The average Bonchev–Trinajstić information content (AvgIpc) is 1.82. The van der Waals surface area contributed by atoms with Crippen molar-refractivity contribution in [1.82, 2.24) is 0 Å². The van der Waals surface area contributed by atoms with Crippen LogP contribution in [0.1, 0.15) is 13.3 Å². The van der Waals surface area contributed by atoms with Gasteiger partial charge in [-0.05, 0) is 32.8 Å². The number of rotatable bonds is 4. The highest BCUT2D eigenvalue weighted by Gasteiger charge is 2.07. The van der Waals surface area contributed by atoms with Gasteiger partial charge >= 0.3 is 0 Å². The fourth-order valence-corrected chi connectivity index (χ4v) is 1.48. The summed E-state index contributed by atoms with van der Waals surface area (Å²) in [5.74, 6) is 0. The third kappa shape index (κ3) is 5.16. The topological polar surface area (TPSA) is 52.0 Å². The van der Waals surface area contributed by atoms with Crippen LogP contribution in [0, 0.1) is 0 Å². The molecule has 2 unspecified atom stereocenters. The second-order valence-electron chi connectivity index (χ2n) is 3.11. The first-order valence-corrected chi connectivity index (χ1v) is 6.12. The largest absolute Gasteiger partial charge is 0.327 e. The Labute approximate surface area is 65.1 Å². The molecule has 0 fully saturated rings. The van der Waals surface area contributed by atoms with Crippen LogP contribution in [0.5, 0.6) is 0 Å². The van der Waals surface area contributed by atoms with Crippen molar-refractivity contribution >= 4 is 7.92 Å². The van der Waals surface area contributed by atoms with Gasteiger partial charge in [-0.3, -0.25) is 0 Å². The molecular weight excluding hydrogens is 143 g/mol. The molecule has 0 saturated carbocycles. The van der Waals surface area contributed by atoms with Gasteiger partial charge in [0.1, 0.15) is 0 Å². The zero-order valence-corrected chi connectivity index (χ0v) is 8.07. The number of hydrogen-bond acceptors (Lipinski definition) is 2. The molecule has 0 aromatic rings. The second-order valence-corrected chi connectivity index (χ2v) is 5.72. The fourth-order valence-electron chi connectivity index (χ4n) is 0.670. The van der Waals surface area contributed by atoms with Crippen LogP contribution in [0.4, 0.5) is 0 Å². The van der Waals surface area contributed by atoms with E-state index in [0.717, 1.165) is 6.42 Å². The summed E-state index contributed by atoms with van der Waals surface area (Å²) in [5.41, 5.74) is 11.4. The van der Waals surface area contributed by atoms with Crippen LogP contribution in [0.3, 0.4) is 0 Å². The summed E-state index contributed by atoms with van der Waals surface area (Å²) >= 11 is 0. The Hall–Kier alpha value is 0.350. The van der Waals surface area contributed by atoms with E-state index in [2.05, 4.69) is 13.3 Å². The molecule has 0 aromatic heterocycles. The molecule has 3 heteroatoms. The van der Waals surface area contributed by atoms with E-state index in [1.165, 1.54) is 6.16 Å². The SMILES string of the molecule is CC(N)C(N)CCP(C)C. The minimum absolute atomic E-state index is 0.148. The Morgan fingerprint density at radius 1 is 1.30 bits per heavy atom. The molecule has 0 aromatic carbocycles. The molecule has 2 nitrogen and oxygen atoms in total. The lowest BCUT2D eigenvalue weighted by Crippen LogP contribution is -2.39. The number of hydrogen-bond donors (Lipinski definition) is 2. The Bertz CT molecular complexity index is 83.7. The van der Waals surface area contributed by atoms with Crippen LogP contribution in [0.2, 0.25) is 0 Å². The molecule has 0 rings (SSSR count). The van der Waals surface area contributed by atoms with Gasteiger partial charge in [-0.25, -0.2) is 0 Å². The highest BCUT2D eigenvalue weighted by Crippen LogP contribution is 2.25. The molecule has 0 spiro atoms. The average molecular weight is 162 g/mol. The van der Waals surface area contributed by atoms with Crippen LogP contribution in [-0.2, 0) is 0 Å². The van der Waals surface area contributed by atoms with Crippen molar-refractivity contribution in [2.45, 2.75) is 25.4 Å². The molecule has 10 heavy (non-hydrogen) atoms. The molecule has 0 aliphatic carbocycles. The lowest BCUT2D eigenvalue weighted by Gasteiger charge is -2.16. The molecule has 0 aliphatic heterocycles. The van der Waals surface area contributed by atoms with Gasteiger partial charge in [-0.1, -0.05) is 0 Å². The first kappa shape index (κ1) is 10.3. The molecule has 62 valence electrons. The maximum absolute atomic E-state index is 5.75. The van der Waals surface area contributed by atoms with Gasteiger partial charge in [0, 0.05) is 12.1 Å². The third-order valence-electron chi connectivity index (χ3n) is 1.58. The Morgan fingerprint density at radius 3 is 2.10 bits per heavy atom. The predicted octanol–water partition coefficient (Wildman–Crippen LogP) is 0.792. The summed E-state index contributed by atoms with van der Waals surface area (Å²) < 4.78 is 0. The minimum atomic E-state index is 0.148. The van der Waals surface area contributed by atoms with E-state index < -0.39 is 0 Å². The van der Waals surface area contributed by atoms with Crippen LogP contribution in [-0.4, -0.2) is 31.6 Å². The van der Waals surface area contributed by atoms with Gasteiger partial charge in [0.15, 0.2) is 0 Å². The summed E-state index contributed by atoms with van der Waals surface area (Å²) in [4.78, 5) is 0. The van der Waals surface area contributed by atoms with E-state index in [9.17, 15) is 0 Å². The Morgan fingerprint density at radius 2 is 1.80 bits per heavy atom. The molecule has 0 amide bonds. The van der Waals surface area contributed by atoms with Crippen molar-refractivity contribution in [2.75, 3.05) is 19.5 Å². The van der Waals surface area contributed by atoms with Crippen molar-refractivity contribution in [3.63, 3.8) is 0 Å². The first-order valence-electron chi connectivity index (χ1n) is 3.70. The summed E-state index contributed by atoms with van der Waals surface area (Å²) in [6.45, 7) is 6.50. The molecule has 4 N–H and O–H groups in total. The van der Waals surface area contributed by atoms with E-state index >= 15 is 0 Å². The quantitative estimate of drug-likeness (QED) is 0.600. The standard InChI is InChI=1S/C7H19N2P/c1-6(8)7(9)4-5-10(2)3/h6-7H,4-5,8-9H2,1-3H3. The van der Waals surface area contributed by atoms with Crippen LogP contribution in [0.15, 0.2) is 0 Å². The first-order chi connectivity index (χ1) is 4.54. The summed E-state index contributed by atoms with van der Waals surface area (Å²) in [5, 5.41) is 0. The van der Waals surface area contributed by atoms with E-state index in [0.29, 0.717) is 0 Å². The van der Waals surface area contributed by atoms with E-state index in [1.807, 2.05) is 6.92 Å². The lowest BCUT2D eigenvalue weighted by molar-refractivity contribution is 0.548. The fraction of sp³-hybridized carbons (Fsp3) is 1.00. The minimum Gasteiger partial charge on any atom is -0.327 e. The number of nitrogens with two attached hydrogens (primary N) is 2. The molecule has 0 heterocycles. The van der Waals surface area contributed by atoms with E-state index in [1.54, 1.807) is 0 Å². The maximum Gasteiger partial charge on any atom is 0.0192 e. The van der Waals surface area contributed by atoms with Gasteiger partial charge < -0.3 is 11.5 Å². The summed E-state index contributed by atoms with van der Waals surface area (Å²) in [7, 11) is 0.207. The lowest BCUT2D eigenvalue weighted by atomic mass is 10.1. The zero-order valence-electron chi connectivity index (χ0n) is 7.17. The van der Waals surface area contributed by atoms with Gasteiger partial charge in [0.25, 0.3) is 0 Å². The van der Waals surface area contributed by atoms with Crippen molar-refractivity contribution < 1.29 is 0 Å². The van der Waals surface area contributed by atoms with Crippen LogP contribution >= 0.6 is 7.92 Å². The summed E-state index contributed by atoms with van der Waals surface area (Å²) in [6, 6.07) is 0.347. The van der Waals surface area contributed by atoms with E-state index in [-0.39, 0.29) is 20.0 Å². The van der Waals surface area contributed by atoms with Gasteiger partial charge in [0.05, 0.1) is 0 Å². The molecule has 0 bridgehead atoms. The van der Waals surface area contributed by atoms with Crippen LogP contribution < -0.4 is 11.5 Å². The third-order valence-corrected chi connectivity index (χ3v) is 2.74. The van der Waals surface area contributed by atoms with Gasteiger partial charge in [-0.15, -0.1) is 7.92 Å². The van der Waals surface area contributed by atoms with Crippen LogP contribution in [0.25, 0.3) is 0 Å². The Kier molecular flexibility index (Phi) is 5.24. The monoisotopic (exact) mass is 162 g/mol. The molecular formula is C7H19N2P. The van der Waals surface area contributed by atoms with Crippen molar-refractivity contribution in [2.24, 2.45) is 11.5 Å². The van der Waals surface area contributed by atoms with E-state index in [4.69, 9.17) is 11.5 Å². The van der Waals surface area contributed by atoms with Crippen molar-refractivity contribution in [1.29, 1.82) is 0 Å². The maximum atomic E-state index is 5.75.